The third-order valence-corrected chi connectivity index (χ3v) is 2.48. The highest BCUT2D eigenvalue weighted by Gasteiger charge is 2.31. The van der Waals surface area contributed by atoms with Gasteiger partial charge in [-0.2, -0.15) is 18.3 Å². The first-order valence-corrected chi connectivity index (χ1v) is 5.24. The maximum atomic E-state index is 13.5. The zero-order valence-electron chi connectivity index (χ0n) is 8.17. The Bertz CT molecular complexity index is 547. The van der Waals surface area contributed by atoms with E-state index in [4.69, 9.17) is 0 Å². The van der Waals surface area contributed by atoms with Gasteiger partial charge in [-0.05, 0) is 34.1 Å². The molecule has 0 atom stereocenters. The average Bonchev–Trinajstić information content (AvgIpc) is 2.63. The Hall–Kier alpha value is -1.37. The van der Waals surface area contributed by atoms with E-state index in [1.165, 1.54) is 12.4 Å². The molecule has 0 aliphatic carbocycles. The molecule has 0 amide bonds. The second-order valence-corrected chi connectivity index (χ2v) is 4.18. The van der Waals surface area contributed by atoms with E-state index in [-0.39, 0.29) is 5.69 Å². The number of nitrogens with zero attached hydrogens (tertiary/aromatic N) is 2. The number of aromatic nitrogens is 2. The van der Waals surface area contributed by atoms with Crippen molar-refractivity contribution in [3.8, 4) is 5.69 Å². The average molecular weight is 309 g/mol. The van der Waals surface area contributed by atoms with Gasteiger partial charge in [0, 0.05) is 6.20 Å². The van der Waals surface area contributed by atoms with E-state index in [0.29, 0.717) is 10.5 Å². The molecule has 2 rings (SSSR count). The van der Waals surface area contributed by atoms with Crippen LogP contribution in [-0.2, 0) is 6.18 Å². The molecule has 0 aliphatic rings. The van der Waals surface area contributed by atoms with Gasteiger partial charge in [-0.25, -0.2) is 9.07 Å². The molecular weight excluding hydrogens is 304 g/mol. The lowest BCUT2D eigenvalue weighted by atomic mass is 10.2. The van der Waals surface area contributed by atoms with Gasteiger partial charge in [-0.1, -0.05) is 0 Å². The van der Waals surface area contributed by atoms with Crippen LogP contribution in [0.25, 0.3) is 5.69 Å². The van der Waals surface area contributed by atoms with E-state index in [2.05, 4.69) is 21.0 Å². The van der Waals surface area contributed by atoms with Crippen LogP contribution in [0.15, 0.2) is 35.1 Å². The highest BCUT2D eigenvalue weighted by molar-refractivity contribution is 9.10. The number of rotatable bonds is 1. The maximum Gasteiger partial charge on any atom is 0.416 e. The maximum absolute atomic E-state index is 13.5. The van der Waals surface area contributed by atoms with Crippen molar-refractivity contribution in [2.45, 2.75) is 6.18 Å². The van der Waals surface area contributed by atoms with Gasteiger partial charge in [-0.15, -0.1) is 0 Å². The van der Waals surface area contributed by atoms with E-state index in [0.717, 1.165) is 16.8 Å². The Kier molecular flexibility index (Phi) is 2.94. The molecule has 0 unspecified atom stereocenters. The fourth-order valence-corrected chi connectivity index (χ4v) is 1.59. The van der Waals surface area contributed by atoms with Crippen molar-refractivity contribution in [2.24, 2.45) is 0 Å². The van der Waals surface area contributed by atoms with Crippen LogP contribution < -0.4 is 0 Å². The molecule has 0 radical (unpaired) electrons. The second-order valence-electron chi connectivity index (χ2n) is 3.27. The first-order chi connectivity index (χ1) is 7.88. The fraction of sp³-hybridized carbons (Fsp3) is 0.100. The molecule has 0 bridgehead atoms. The van der Waals surface area contributed by atoms with Crippen LogP contribution in [0.3, 0.4) is 0 Å². The number of halogens is 5. The molecule has 90 valence electrons. The van der Waals surface area contributed by atoms with E-state index in [1.807, 2.05) is 0 Å². The minimum Gasteiger partial charge on any atom is -0.237 e. The van der Waals surface area contributed by atoms with Gasteiger partial charge in [0.05, 0.1) is 16.2 Å². The van der Waals surface area contributed by atoms with Gasteiger partial charge in [0.2, 0.25) is 0 Å². The summed E-state index contributed by atoms with van der Waals surface area (Å²) >= 11 is 3.11. The molecule has 0 fully saturated rings. The summed E-state index contributed by atoms with van der Waals surface area (Å²) in [7, 11) is 0. The minimum atomic E-state index is -4.55. The van der Waals surface area contributed by atoms with Gasteiger partial charge >= 0.3 is 6.18 Å². The van der Waals surface area contributed by atoms with Gasteiger partial charge < -0.3 is 0 Å². The van der Waals surface area contributed by atoms with Crippen molar-refractivity contribution < 1.29 is 17.6 Å². The largest absolute Gasteiger partial charge is 0.416 e. The standard InChI is InChI=1S/C10H5BrF4N2/c11-7-4-16-17(5-7)9-2-1-6(3-8(9)12)10(13,14)15/h1-5H. The van der Waals surface area contributed by atoms with Crippen LogP contribution in [0.5, 0.6) is 0 Å². The van der Waals surface area contributed by atoms with E-state index in [9.17, 15) is 17.6 Å². The molecule has 0 spiro atoms. The van der Waals surface area contributed by atoms with Crippen molar-refractivity contribution in [1.29, 1.82) is 0 Å². The van der Waals surface area contributed by atoms with Crippen LogP contribution in [0.2, 0.25) is 0 Å². The Morgan fingerprint density at radius 2 is 1.94 bits per heavy atom. The van der Waals surface area contributed by atoms with Crippen LogP contribution in [-0.4, -0.2) is 9.78 Å². The van der Waals surface area contributed by atoms with Gasteiger partial charge in [-0.3, -0.25) is 0 Å². The Morgan fingerprint density at radius 3 is 2.41 bits per heavy atom. The highest BCUT2D eigenvalue weighted by Crippen LogP contribution is 2.30. The molecule has 0 saturated heterocycles. The lowest BCUT2D eigenvalue weighted by Crippen LogP contribution is -2.07. The quantitative estimate of drug-likeness (QED) is 0.733. The molecule has 0 saturated carbocycles. The lowest BCUT2D eigenvalue weighted by Gasteiger charge is -2.08. The van der Waals surface area contributed by atoms with Crippen molar-refractivity contribution in [3.63, 3.8) is 0 Å². The summed E-state index contributed by atoms with van der Waals surface area (Å²) in [5.74, 6) is -0.976. The van der Waals surface area contributed by atoms with Gasteiger partial charge in [0.25, 0.3) is 0 Å². The Labute approximate surface area is 102 Å². The molecular formula is C10H5BrF4N2. The van der Waals surface area contributed by atoms with Crippen LogP contribution in [0.4, 0.5) is 17.6 Å². The Balaban J connectivity index is 2.45. The lowest BCUT2D eigenvalue weighted by molar-refractivity contribution is -0.137. The third kappa shape index (κ3) is 2.49. The summed E-state index contributed by atoms with van der Waals surface area (Å²) in [5.41, 5.74) is -1.06. The first-order valence-electron chi connectivity index (χ1n) is 4.45. The first kappa shape index (κ1) is 12.1. The van der Waals surface area contributed by atoms with Crippen molar-refractivity contribution in [1.82, 2.24) is 9.78 Å². The summed E-state index contributed by atoms with van der Waals surface area (Å²) in [5, 5.41) is 3.79. The summed E-state index contributed by atoms with van der Waals surface area (Å²) in [6.07, 6.45) is -1.69. The fourth-order valence-electron chi connectivity index (χ4n) is 1.30. The van der Waals surface area contributed by atoms with Crippen LogP contribution >= 0.6 is 15.9 Å². The van der Waals surface area contributed by atoms with Gasteiger partial charge in [0.1, 0.15) is 11.5 Å². The second kappa shape index (κ2) is 4.14. The summed E-state index contributed by atoms with van der Waals surface area (Å²) in [4.78, 5) is 0. The van der Waals surface area contributed by atoms with Crippen molar-refractivity contribution in [2.75, 3.05) is 0 Å². The van der Waals surface area contributed by atoms with Gasteiger partial charge in [0.15, 0.2) is 0 Å². The molecule has 17 heavy (non-hydrogen) atoms. The van der Waals surface area contributed by atoms with E-state index < -0.39 is 17.6 Å². The highest BCUT2D eigenvalue weighted by atomic mass is 79.9. The zero-order chi connectivity index (χ0) is 12.6. The smallest absolute Gasteiger partial charge is 0.237 e. The minimum absolute atomic E-state index is 0.0382. The summed E-state index contributed by atoms with van der Waals surface area (Å²) in [6.45, 7) is 0. The number of benzene rings is 1. The predicted octanol–water partition coefficient (Wildman–Crippen LogP) is 3.79. The van der Waals surface area contributed by atoms with Crippen LogP contribution in [0, 0.1) is 5.82 Å². The third-order valence-electron chi connectivity index (χ3n) is 2.07. The number of hydrogen-bond donors (Lipinski definition) is 0. The van der Waals surface area contributed by atoms with Crippen LogP contribution in [0.1, 0.15) is 5.56 Å². The molecule has 0 aliphatic heterocycles. The van der Waals surface area contributed by atoms with Crippen molar-refractivity contribution >= 4 is 15.9 Å². The molecule has 1 aromatic heterocycles. The van der Waals surface area contributed by atoms with E-state index >= 15 is 0 Å². The summed E-state index contributed by atoms with van der Waals surface area (Å²) in [6, 6.07) is 2.30. The topological polar surface area (TPSA) is 17.8 Å². The normalized spacial score (nSPS) is 11.8. The molecule has 2 aromatic rings. The number of hydrogen-bond acceptors (Lipinski definition) is 1. The Morgan fingerprint density at radius 1 is 1.24 bits per heavy atom. The molecule has 1 heterocycles. The molecule has 7 heteroatoms. The predicted molar refractivity (Wildman–Crippen MR) is 56.2 cm³/mol. The van der Waals surface area contributed by atoms with E-state index in [1.54, 1.807) is 0 Å². The van der Waals surface area contributed by atoms with Crippen molar-refractivity contribution in [3.05, 3.63) is 46.4 Å². The monoisotopic (exact) mass is 308 g/mol. The molecule has 0 N–H and O–H groups in total. The SMILES string of the molecule is Fc1cc(C(F)(F)F)ccc1-n1cc(Br)cn1. The molecule has 1 aromatic carbocycles. The summed E-state index contributed by atoms with van der Waals surface area (Å²) < 4.78 is 52.2. The zero-order valence-corrected chi connectivity index (χ0v) is 9.76. The molecule has 2 nitrogen and oxygen atoms in total. The number of alkyl halides is 3.